The van der Waals surface area contributed by atoms with Crippen molar-refractivity contribution in [1.82, 2.24) is 15.5 Å². The summed E-state index contributed by atoms with van der Waals surface area (Å²) < 4.78 is 0. The minimum atomic E-state index is 0.728. The summed E-state index contributed by atoms with van der Waals surface area (Å²) in [7, 11) is 1.89. The molecule has 0 spiro atoms. The Hall–Kier alpha value is -0.970. The predicted octanol–water partition coefficient (Wildman–Crippen LogP) is 2.89. The van der Waals surface area contributed by atoms with Gasteiger partial charge in [0.05, 0.1) is 0 Å². The Morgan fingerprint density at radius 1 is 1.38 bits per heavy atom. The Morgan fingerprint density at radius 3 is 2.94 bits per heavy atom. The third kappa shape index (κ3) is 2.40. The number of rotatable bonds is 3. The smallest absolute Gasteiger partial charge is 0.148 e. The Morgan fingerprint density at radius 2 is 2.19 bits per heavy atom. The Bertz CT molecular complexity index is 496. The number of nitrogens with one attached hydrogen (secondary N) is 1. The van der Waals surface area contributed by atoms with Gasteiger partial charge in [-0.05, 0) is 31.7 Å². The average molecular weight is 254 g/mol. The molecule has 16 heavy (non-hydrogen) atoms. The van der Waals surface area contributed by atoms with Crippen molar-refractivity contribution in [2.45, 2.75) is 13.5 Å². The topological polar surface area (TPSA) is 37.8 Å². The molecule has 1 N–H and O–H groups in total. The van der Waals surface area contributed by atoms with E-state index in [0.29, 0.717) is 0 Å². The number of hydrogen-bond donors (Lipinski definition) is 1. The van der Waals surface area contributed by atoms with Crippen molar-refractivity contribution in [2.75, 3.05) is 7.05 Å². The van der Waals surface area contributed by atoms with Crippen LogP contribution in [0.2, 0.25) is 5.02 Å². The van der Waals surface area contributed by atoms with Crippen LogP contribution in [0, 0.1) is 6.92 Å². The lowest BCUT2D eigenvalue weighted by Gasteiger charge is -2.01. The summed E-state index contributed by atoms with van der Waals surface area (Å²) >= 11 is 7.57. The molecule has 0 fully saturated rings. The maximum Gasteiger partial charge on any atom is 0.148 e. The lowest BCUT2D eigenvalue weighted by Crippen LogP contribution is -2.04. The van der Waals surface area contributed by atoms with Crippen LogP contribution in [0.1, 0.15) is 10.6 Å². The molecule has 0 aliphatic heterocycles. The van der Waals surface area contributed by atoms with Gasteiger partial charge in [0.2, 0.25) is 0 Å². The monoisotopic (exact) mass is 253 g/mol. The van der Waals surface area contributed by atoms with Crippen LogP contribution in [-0.4, -0.2) is 17.2 Å². The van der Waals surface area contributed by atoms with Crippen LogP contribution in [0.25, 0.3) is 10.6 Å². The van der Waals surface area contributed by atoms with Gasteiger partial charge < -0.3 is 5.32 Å². The van der Waals surface area contributed by atoms with Crippen LogP contribution < -0.4 is 5.32 Å². The maximum atomic E-state index is 5.98. The van der Waals surface area contributed by atoms with E-state index in [4.69, 9.17) is 11.6 Å². The highest BCUT2D eigenvalue weighted by Crippen LogP contribution is 2.28. The molecule has 1 heterocycles. The van der Waals surface area contributed by atoms with Gasteiger partial charge >= 0.3 is 0 Å². The highest BCUT2D eigenvalue weighted by Gasteiger charge is 2.09. The first kappa shape index (κ1) is 11.5. The zero-order valence-electron chi connectivity index (χ0n) is 9.12. The number of aryl methyl sites for hydroxylation is 1. The predicted molar refractivity (Wildman–Crippen MR) is 67.9 cm³/mol. The number of halogens is 1. The number of aromatic nitrogens is 2. The largest absolute Gasteiger partial charge is 0.313 e. The second-order valence-electron chi connectivity index (χ2n) is 3.49. The molecule has 1 aromatic carbocycles. The first-order valence-electron chi connectivity index (χ1n) is 4.94. The average Bonchev–Trinajstić information content (AvgIpc) is 2.71. The molecule has 5 heteroatoms. The number of hydrogen-bond acceptors (Lipinski definition) is 4. The Kier molecular flexibility index (Phi) is 3.53. The maximum absolute atomic E-state index is 5.98. The van der Waals surface area contributed by atoms with Crippen molar-refractivity contribution in [2.24, 2.45) is 0 Å². The molecule has 0 saturated heterocycles. The molecule has 3 nitrogen and oxygen atoms in total. The first-order valence-corrected chi connectivity index (χ1v) is 6.13. The molecule has 0 bridgehead atoms. The Labute approximate surface area is 103 Å². The van der Waals surface area contributed by atoms with Crippen molar-refractivity contribution >= 4 is 22.9 Å². The van der Waals surface area contributed by atoms with E-state index in [2.05, 4.69) is 15.5 Å². The van der Waals surface area contributed by atoms with E-state index < -0.39 is 0 Å². The lowest BCUT2D eigenvalue weighted by molar-refractivity contribution is 0.795. The summed E-state index contributed by atoms with van der Waals surface area (Å²) in [6.07, 6.45) is 0. The molecular formula is C11H12ClN3S. The van der Waals surface area contributed by atoms with E-state index in [1.54, 1.807) is 11.3 Å². The zero-order valence-corrected chi connectivity index (χ0v) is 10.7. The van der Waals surface area contributed by atoms with Crippen molar-refractivity contribution in [3.63, 3.8) is 0 Å². The third-order valence-corrected chi connectivity index (χ3v) is 3.42. The second-order valence-corrected chi connectivity index (χ2v) is 4.99. The molecule has 0 amide bonds. The van der Waals surface area contributed by atoms with Gasteiger partial charge in [0, 0.05) is 17.1 Å². The van der Waals surface area contributed by atoms with Crippen LogP contribution >= 0.6 is 22.9 Å². The van der Waals surface area contributed by atoms with Gasteiger partial charge in [-0.15, -0.1) is 10.2 Å². The molecule has 0 unspecified atom stereocenters. The van der Waals surface area contributed by atoms with Crippen molar-refractivity contribution in [1.29, 1.82) is 0 Å². The SMILES string of the molecule is CNCc1nnc(-c2cc(Cl)ccc2C)s1. The summed E-state index contributed by atoms with van der Waals surface area (Å²) in [4.78, 5) is 0. The third-order valence-electron chi connectivity index (χ3n) is 2.22. The van der Waals surface area contributed by atoms with E-state index >= 15 is 0 Å². The van der Waals surface area contributed by atoms with Crippen molar-refractivity contribution in [3.05, 3.63) is 33.8 Å². The number of benzene rings is 1. The van der Waals surface area contributed by atoms with Crippen LogP contribution in [0.15, 0.2) is 18.2 Å². The second kappa shape index (κ2) is 4.91. The van der Waals surface area contributed by atoms with Crippen LogP contribution in [0.4, 0.5) is 0 Å². The van der Waals surface area contributed by atoms with E-state index in [-0.39, 0.29) is 0 Å². The standard InChI is InChI=1S/C11H12ClN3S/c1-7-3-4-8(12)5-9(7)11-15-14-10(16-11)6-13-2/h3-5,13H,6H2,1-2H3. The van der Waals surface area contributed by atoms with Gasteiger partial charge in [0.15, 0.2) is 0 Å². The molecule has 0 aliphatic carbocycles. The van der Waals surface area contributed by atoms with Crippen molar-refractivity contribution in [3.8, 4) is 10.6 Å². The van der Waals surface area contributed by atoms with Crippen LogP contribution in [-0.2, 0) is 6.54 Å². The Balaban J connectivity index is 2.38. The van der Waals surface area contributed by atoms with E-state index in [1.807, 2.05) is 32.2 Å². The van der Waals surface area contributed by atoms with Gasteiger partial charge in [-0.3, -0.25) is 0 Å². The molecule has 84 valence electrons. The molecule has 0 aliphatic rings. The van der Waals surface area contributed by atoms with Gasteiger partial charge in [0.25, 0.3) is 0 Å². The summed E-state index contributed by atoms with van der Waals surface area (Å²) in [5, 5.41) is 14.0. The molecule has 0 saturated carbocycles. The minimum absolute atomic E-state index is 0.728. The number of nitrogens with zero attached hydrogens (tertiary/aromatic N) is 2. The fourth-order valence-electron chi connectivity index (χ4n) is 1.41. The highest BCUT2D eigenvalue weighted by molar-refractivity contribution is 7.14. The molecule has 0 radical (unpaired) electrons. The van der Waals surface area contributed by atoms with E-state index in [9.17, 15) is 0 Å². The van der Waals surface area contributed by atoms with E-state index in [1.165, 1.54) is 0 Å². The summed E-state index contributed by atoms with van der Waals surface area (Å²) in [6.45, 7) is 2.79. The van der Waals surface area contributed by atoms with Crippen molar-refractivity contribution < 1.29 is 0 Å². The molecule has 1 aromatic heterocycles. The van der Waals surface area contributed by atoms with Crippen LogP contribution in [0.5, 0.6) is 0 Å². The molecule has 0 atom stereocenters. The quantitative estimate of drug-likeness (QED) is 0.914. The highest BCUT2D eigenvalue weighted by atomic mass is 35.5. The normalized spacial score (nSPS) is 10.7. The van der Waals surface area contributed by atoms with Gasteiger partial charge in [0.1, 0.15) is 10.0 Å². The van der Waals surface area contributed by atoms with Gasteiger partial charge in [-0.25, -0.2) is 0 Å². The fourth-order valence-corrected chi connectivity index (χ4v) is 2.51. The van der Waals surface area contributed by atoms with Crippen LogP contribution in [0.3, 0.4) is 0 Å². The van der Waals surface area contributed by atoms with E-state index in [0.717, 1.165) is 32.7 Å². The molecular weight excluding hydrogens is 242 g/mol. The fraction of sp³-hybridized carbons (Fsp3) is 0.273. The summed E-state index contributed by atoms with van der Waals surface area (Å²) in [6, 6.07) is 5.81. The lowest BCUT2D eigenvalue weighted by atomic mass is 10.1. The summed E-state index contributed by atoms with van der Waals surface area (Å²) in [5.41, 5.74) is 2.23. The first-order chi connectivity index (χ1) is 7.70. The summed E-state index contributed by atoms with van der Waals surface area (Å²) in [5.74, 6) is 0. The van der Waals surface area contributed by atoms with Gasteiger partial charge in [-0.1, -0.05) is 29.0 Å². The van der Waals surface area contributed by atoms with Gasteiger partial charge in [-0.2, -0.15) is 0 Å². The molecule has 2 aromatic rings. The molecule has 2 rings (SSSR count). The minimum Gasteiger partial charge on any atom is -0.313 e. The zero-order chi connectivity index (χ0) is 11.5.